The van der Waals surface area contributed by atoms with E-state index in [0.717, 1.165) is 46.6 Å². The number of halogens is 2. The molecule has 5 nitrogen and oxygen atoms in total. The number of fused-ring (bicyclic) bond motifs is 3. The van der Waals surface area contributed by atoms with Gasteiger partial charge in [-0.05, 0) is 68.2 Å². The first-order valence-corrected chi connectivity index (χ1v) is 9.98. The summed E-state index contributed by atoms with van der Waals surface area (Å²) in [4.78, 5) is 22.1. The second-order valence-electron chi connectivity index (χ2n) is 7.86. The fourth-order valence-electron chi connectivity index (χ4n) is 3.65. The van der Waals surface area contributed by atoms with Crippen LogP contribution in [0.2, 0.25) is 0 Å². The monoisotopic (exact) mass is 420 g/mol. The van der Waals surface area contributed by atoms with Gasteiger partial charge in [-0.3, -0.25) is 4.79 Å². The van der Waals surface area contributed by atoms with Gasteiger partial charge < -0.3 is 11.1 Å². The first-order valence-electron chi connectivity index (χ1n) is 9.98. The zero-order valence-electron chi connectivity index (χ0n) is 17.3. The van der Waals surface area contributed by atoms with Gasteiger partial charge in [0.05, 0.1) is 17.8 Å². The van der Waals surface area contributed by atoms with Gasteiger partial charge in [0.15, 0.2) is 17.5 Å². The maximum atomic E-state index is 13.5. The number of carbonyl (C=O) groups excluding carboxylic acids is 1. The van der Waals surface area contributed by atoms with Gasteiger partial charge in [-0.15, -0.1) is 0 Å². The quantitative estimate of drug-likeness (QED) is 0.599. The zero-order chi connectivity index (χ0) is 22.1. The fourth-order valence-corrected chi connectivity index (χ4v) is 3.65. The predicted molar refractivity (Wildman–Crippen MR) is 117 cm³/mol. The number of aryl methyl sites for hydroxylation is 2. The molecule has 0 fully saturated rings. The van der Waals surface area contributed by atoms with Crippen LogP contribution in [0.15, 0.2) is 42.0 Å². The fraction of sp³-hybridized carbons (Fsp3) is 0.208. The van der Waals surface area contributed by atoms with Crippen LogP contribution < -0.4 is 11.1 Å². The Morgan fingerprint density at radius 1 is 1.10 bits per heavy atom. The Hall–Kier alpha value is -3.61. The summed E-state index contributed by atoms with van der Waals surface area (Å²) in [6, 6.07) is 9.16. The Morgan fingerprint density at radius 2 is 1.90 bits per heavy atom. The molecule has 3 aromatic rings. The molecular weight excluding hydrogens is 398 g/mol. The molecule has 1 amide bonds. The van der Waals surface area contributed by atoms with Crippen LogP contribution in [0.1, 0.15) is 36.4 Å². The molecule has 7 heteroatoms. The Labute approximate surface area is 179 Å². The lowest BCUT2D eigenvalue weighted by Crippen LogP contribution is -2.19. The topological polar surface area (TPSA) is 80.9 Å². The number of nitrogen functional groups attached to an aromatic ring is 1. The van der Waals surface area contributed by atoms with Gasteiger partial charge in [0, 0.05) is 11.3 Å². The molecule has 1 heterocycles. The molecule has 0 bridgehead atoms. The Morgan fingerprint density at radius 3 is 2.65 bits per heavy atom. The molecule has 1 aliphatic carbocycles. The highest BCUT2D eigenvalue weighted by Crippen LogP contribution is 2.34. The predicted octanol–water partition coefficient (Wildman–Crippen LogP) is 4.71. The molecule has 0 radical (unpaired) electrons. The highest BCUT2D eigenvalue weighted by Gasteiger charge is 2.22. The van der Waals surface area contributed by atoms with Crippen LogP contribution in [0.4, 0.5) is 20.3 Å². The molecule has 0 spiro atoms. The van der Waals surface area contributed by atoms with E-state index in [1.807, 2.05) is 38.1 Å². The second-order valence-corrected chi connectivity index (χ2v) is 7.86. The standard InChI is InChI=1S/C24H22F2N4O/c1-13(2)9-21-24(30-22(31)11-14-3-7-18(25)19(26)10-14)29-20-8-4-15-12-16(27)5-6-17(15)23(20)28-21/h3,5-7,9-10,12H,4,8,11,27H2,1-2H3,(H,29,30,31). The minimum Gasteiger partial charge on any atom is -0.399 e. The van der Waals surface area contributed by atoms with Crippen molar-refractivity contribution in [1.82, 2.24) is 9.97 Å². The number of hydrogen-bond donors (Lipinski definition) is 2. The Bertz CT molecular complexity index is 1220. The highest BCUT2D eigenvalue weighted by molar-refractivity contribution is 5.93. The summed E-state index contributed by atoms with van der Waals surface area (Å²) >= 11 is 0. The summed E-state index contributed by atoms with van der Waals surface area (Å²) in [5.74, 6) is -1.96. The van der Waals surface area contributed by atoms with Crippen LogP contribution in [-0.4, -0.2) is 15.9 Å². The molecular formula is C24H22F2N4O. The number of aromatic nitrogens is 2. The van der Waals surface area contributed by atoms with Gasteiger partial charge in [-0.25, -0.2) is 18.7 Å². The van der Waals surface area contributed by atoms with Crippen LogP contribution in [0.25, 0.3) is 17.3 Å². The van der Waals surface area contributed by atoms with Crippen LogP contribution in [-0.2, 0) is 24.1 Å². The molecule has 158 valence electrons. The van der Waals surface area contributed by atoms with Crippen LogP contribution in [0.3, 0.4) is 0 Å². The van der Waals surface area contributed by atoms with Gasteiger partial charge in [0.1, 0.15) is 5.69 Å². The molecule has 0 saturated heterocycles. The summed E-state index contributed by atoms with van der Waals surface area (Å²) in [5, 5.41) is 2.79. The van der Waals surface area contributed by atoms with Crippen molar-refractivity contribution in [2.45, 2.75) is 33.1 Å². The van der Waals surface area contributed by atoms with Crippen molar-refractivity contribution in [2.24, 2.45) is 0 Å². The lowest BCUT2D eigenvalue weighted by Gasteiger charge is -2.20. The van der Waals surface area contributed by atoms with Gasteiger partial charge in [0.25, 0.3) is 0 Å². The van der Waals surface area contributed by atoms with Crippen LogP contribution in [0.5, 0.6) is 0 Å². The number of nitrogens with two attached hydrogens (primary N) is 1. The summed E-state index contributed by atoms with van der Waals surface area (Å²) < 4.78 is 26.6. The molecule has 0 unspecified atom stereocenters. The number of anilines is 2. The number of benzene rings is 2. The number of amides is 1. The normalized spacial score (nSPS) is 12.0. The van der Waals surface area contributed by atoms with Crippen molar-refractivity contribution in [3.63, 3.8) is 0 Å². The third-order valence-electron chi connectivity index (χ3n) is 5.04. The van der Waals surface area contributed by atoms with E-state index in [1.54, 1.807) is 0 Å². The molecule has 0 saturated carbocycles. The summed E-state index contributed by atoms with van der Waals surface area (Å²) in [5.41, 5.74) is 12.2. The zero-order valence-corrected chi connectivity index (χ0v) is 17.3. The van der Waals surface area contributed by atoms with Crippen LogP contribution in [0, 0.1) is 11.6 Å². The van der Waals surface area contributed by atoms with E-state index in [0.29, 0.717) is 29.2 Å². The van der Waals surface area contributed by atoms with Crippen molar-refractivity contribution in [1.29, 1.82) is 0 Å². The highest BCUT2D eigenvalue weighted by atomic mass is 19.2. The van der Waals surface area contributed by atoms with Gasteiger partial charge in [0.2, 0.25) is 5.91 Å². The van der Waals surface area contributed by atoms with E-state index in [-0.39, 0.29) is 12.3 Å². The van der Waals surface area contributed by atoms with E-state index < -0.39 is 11.6 Å². The average Bonchev–Trinajstić information content (AvgIpc) is 2.70. The maximum Gasteiger partial charge on any atom is 0.230 e. The molecule has 4 rings (SSSR count). The van der Waals surface area contributed by atoms with E-state index in [9.17, 15) is 13.6 Å². The van der Waals surface area contributed by atoms with Crippen molar-refractivity contribution < 1.29 is 13.6 Å². The van der Waals surface area contributed by atoms with Gasteiger partial charge >= 0.3 is 0 Å². The summed E-state index contributed by atoms with van der Waals surface area (Å²) in [6.45, 7) is 3.87. The van der Waals surface area contributed by atoms with Crippen molar-refractivity contribution >= 4 is 23.5 Å². The van der Waals surface area contributed by atoms with Crippen molar-refractivity contribution in [3.8, 4) is 11.3 Å². The number of nitrogens with one attached hydrogen (secondary N) is 1. The molecule has 1 aromatic heterocycles. The third-order valence-corrected chi connectivity index (χ3v) is 5.04. The third kappa shape index (κ3) is 4.45. The van der Waals surface area contributed by atoms with Crippen molar-refractivity contribution in [2.75, 3.05) is 11.1 Å². The molecule has 1 aliphatic rings. The SMILES string of the molecule is CC(C)=Cc1nc2c(nc1NC(=O)Cc1ccc(F)c(F)c1)CCc1cc(N)ccc1-2. The first-order chi connectivity index (χ1) is 14.8. The number of carbonyl (C=O) groups is 1. The van der Waals surface area contributed by atoms with E-state index in [1.165, 1.54) is 6.07 Å². The Balaban J connectivity index is 1.67. The number of hydrogen-bond acceptors (Lipinski definition) is 4. The largest absolute Gasteiger partial charge is 0.399 e. The molecule has 0 atom stereocenters. The second kappa shape index (κ2) is 8.26. The minimum absolute atomic E-state index is 0.105. The molecule has 2 aromatic carbocycles. The van der Waals surface area contributed by atoms with E-state index in [4.69, 9.17) is 15.7 Å². The van der Waals surface area contributed by atoms with Gasteiger partial charge in [-0.2, -0.15) is 0 Å². The molecule has 0 aliphatic heterocycles. The molecule has 3 N–H and O–H groups in total. The minimum atomic E-state index is -0.983. The molecule has 31 heavy (non-hydrogen) atoms. The van der Waals surface area contributed by atoms with Crippen LogP contribution >= 0.6 is 0 Å². The summed E-state index contributed by atoms with van der Waals surface area (Å²) in [6.07, 6.45) is 3.21. The van der Waals surface area contributed by atoms with E-state index in [2.05, 4.69) is 5.32 Å². The Kier molecular flexibility index (Phi) is 5.50. The number of rotatable bonds is 4. The van der Waals surface area contributed by atoms with Crippen molar-refractivity contribution in [3.05, 3.63) is 76.1 Å². The first kappa shape index (κ1) is 20.7. The number of allylic oxidation sites excluding steroid dienone is 1. The smallest absolute Gasteiger partial charge is 0.230 e. The average molecular weight is 420 g/mol. The van der Waals surface area contributed by atoms with E-state index >= 15 is 0 Å². The lowest BCUT2D eigenvalue weighted by molar-refractivity contribution is -0.115. The maximum absolute atomic E-state index is 13.5. The number of nitrogens with zero attached hydrogens (tertiary/aromatic N) is 2. The lowest BCUT2D eigenvalue weighted by atomic mass is 9.91. The van der Waals surface area contributed by atoms with Gasteiger partial charge in [-0.1, -0.05) is 17.7 Å². The summed E-state index contributed by atoms with van der Waals surface area (Å²) in [7, 11) is 0.